The summed E-state index contributed by atoms with van der Waals surface area (Å²) in [4.78, 5) is 22.6. The first kappa shape index (κ1) is 16.7. The zero-order valence-corrected chi connectivity index (χ0v) is 12.2. The first-order valence-corrected chi connectivity index (χ1v) is 7.05. The summed E-state index contributed by atoms with van der Waals surface area (Å²) in [5.41, 5.74) is 6.27. The molecule has 0 radical (unpaired) electrons. The van der Waals surface area contributed by atoms with E-state index in [0.717, 1.165) is 12.0 Å². The molecule has 1 unspecified atom stereocenters. The smallest absolute Gasteiger partial charge is 0.221 e. The second kappa shape index (κ2) is 8.75. The number of nitrogens with two attached hydrogens (primary N) is 1. The standard InChI is InChI=1S/C16H21N3O2/c1-12(16(18)21)7-10-15(20)19-14(11-17)9-8-13-5-3-2-4-6-13/h2-6,12,14H,7-10H2,1H3,(H2,18,21)(H,19,20)/t12?,14-/m0/s1. The minimum absolute atomic E-state index is 0.202. The maximum atomic E-state index is 11.7. The minimum Gasteiger partial charge on any atom is -0.369 e. The molecule has 2 atom stereocenters. The van der Waals surface area contributed by atoms with Gasteiger partial charge in [-0.25, -0.2) is 0 Å². The van der Waals surface area contributed by atoms with Crippen LogP contribution in [-0.4, -0.2) is 17.9 Å². The molecule has 0 bridgehead atoms. The molecule has 3 N–H and O–H groups in total. The number of carbonyl (C=O) groups is 2. The van der Waals surface area contributed by atoms with Crippen LogP contribution < -0.4 is 11.1 Å². The maximum Gasteiger partial charge on any atom is 0.221 e. The van der Waals surface area contributed by atoms with E-state index in [9.17, 15) is 9.59 Å². The highest BCUT2D eigenvalue weighted by Gasteiger charge is 2.14. The maximum absolute atomic E-state index is 11.7. The number of primary amides is 1. The number of nitrogens with one attached hydrogen (secondary N) is 1. The Hall–Kier alpha value is -2.35. The van der Waals surface area contributed by atoms with E-state index in [0.29, 0.717) is 12.8 Å². The van der Waals surface area contributed by atoms with Crippen molar-refractivity contribution in [2.45, 2.75) is 38.6 Å². The quantitative estimate of drug-likeness (QED) is 0.758. The van der Waals surface area contributed by atoms with Gasteiger partial charge in [-0.1, -0.05) is 37.3 Å². The largest absolute Gasteiger partial charge is 0.369 e. The number of rotatable bonds is 8. The Morgan fingerprint density at radius 1 is 1.29 bits per heavy atom. The number of aryl methyl sites for hydroxylation is 1. The van der Waals surface area contributed by atoms with Crippen LogP contribution >= 0.6 is 0 Å². The topological polar surface area (TPSA) is 96.0 Å². The predicted octanol–water partition coefficient (Wildman–Crippen LogP) is 1.53. The van der Waals surface area contributed by atoms with Gasteiger partial charge in [0.1, 0.15) is 6.04 Å². The van der Waals surface area contributed by atoms with Crippen LogP contribution in [0.2, 0.25) is 0 Å². The van der Waals surface area contributed by atoms with Gasteiger partial charge in [-0.3, -0.25) is 9.59 Å². The minimum atomic E-state index is -0.512. The summed E-state index contributed by atoms with van der Waals surface area (Å²) in [7, 11) is 0. The molecule has 0 saturated heterocycles. The van der Waals surface area contributed by atoms with Crippen molar-refractivity contribution < 1.29 is 9.59 Å². The molecule has 112 valence electrons. The fourth-order valence-corrected chi connectivity index (χ4v) is 1.88. The van der Waals surface area contributed by atoms with Crippen LogP contribution in [0, 0.1) is 17.2 Å². The van der Waals surface area contributed by atoms with E-state index in [1.165, 1.54) is 0 Å². The van der Waals surface area contributed by atoms with Crippen molar-refractivity contribution >= 4 is 11.8 Å². The van der Waals surface area contributed by atoms with Gasteiger partial charge in [0.05, 0.1) is 6.07 Å². The molecule has 0 aliphatic carbocycles. The van der Waals surface area contributed by atoms with Gasteiger partial charge in [0.15, 0.2) is 0 Å². The molecular weight excluding hydrogens is 266 g/mol. The van der Waals surface area contributed by atoms with E-state index in [2.05, 4.69) is 11.4 Å². The van der Waals surface area contributed by atoms with Gasteiger partial charge in [0.25, 0.3) is 0 Å². The number of carbonyl (C=O) groups excluding carboxylic acids is 2. The van der Waals surface area contributed by atoms with Crippen molar-refractivity contribution in [2.75, 3.05) is 0 Å². The molecule has 1 aromatic carbocycles. The molecular formula is C16H21N3O2. The van der Waals surface area contributed by atoms with Gasteiger partial charge in [0, 0.05) is 12.3 Å². The van der Waals surface area contributed by atoms with E-state index in [-0.39, 0.29) is 18.2 Å². The monoisotopic (exact) mass is 287 g/mol. The van der Waals surface area contributed by atoms with Gasteiger partial charge in [-0.2, -0.15) is 5.26 Å². The van der Waals surface area contributed by atoms with E-state index < -0.39 is 11.9 Å². The van der Waals surface area contributed by atoms with Gasteiger partial charge in [0.2, 0.25) is 11.8 Å². The molecule has 5 heteroatoms. The molecule has 0 spiro atoms. The Balaban J connectivity index is 2.35. The van der Waals surface area contributed by atoms with Crippen LogP contribution in [0.1, 0.15) is 31.7 Å². The summed E-state index contributed by atoms with van der Waals surface area (Å²) < 4.78 is 0. The van der Waals surface area contributed by atoms with Crippen LogP contribution in [-0.2, 0) is 16.0 Å². The molecule has 0 aliphatic heterocycles. The summed E-state index contributed by atoms with van der Waals surface area (Å²) >= 11 is 0. The fourth-order valence-electron chi connectivity index (χ4n) is 1.88. The molecule has 0 heterocycles. The van der Waals surface area contributed by atoms with Crippen molar-refractivity contribution in [2.24, 2.45) is 11.7 Å². The van der Waals surface area contributed by atoms with E-state index >= 15 is 0 Å². The molecule has 0 aromatic heterocycles. The highest BCUT2D eigenvalue weighted by Crippen LogP contribution is 2.07. The number of hydrogen-bond acceptors (Lipinski definition) is 3. The van der Waals surface area contributed by atoms with Crippen molar-refractivity contribution in [1.82, 2.24) is 5.32 Å². The molecule has 2 amide bonds. The fraction of sp³-hybridized carbons (Fsp3) is 0.438. The number of nitrogens with zero attached hydrogens (tertiary/aromatic N) is 1. The third kappa shape index (κ3) is 6.57. The lowest BCUT2D eigenvalue weighted by Gasteiger charge is -2.12. The van der Waals surface area contributed by atoms with Crippen molar-refractivity contribution in [3.05, 3.63) is 35.9 Å². The molecule has 0 aliphatic rings. The number of amides is 2. The summed E-state index contributed by atoms with van der Waals surface area (Å²) in [6, 6.07) is 11.4. The van der Waals surface area contributed by atoms with Crippen molar-refractivity contribution in [3.8, 4) is 6.07 Å². The van der Waals surface area contributed by atoms with Gasteiger partial charge < -0.3 is 11.1 Å². The Bertz CT molecular complexity index is 508. The lowest BCUT2D eigenvalue weighted by Crippen LogP contribution is -2.34. The first-order valence-electron chi connectivity index (χ1n) is 7.05. The first-order chi connectivity index (χ1) is 10.0. The third-order valence-corrected chi connectivity index (χ3v) is 3.35. The van der Waals surface area contributed by atoms with Crippen molar-refractivity contribution in [1.29, 1.82) is 5.26 Å². The Kier molecular flexibility index (Phi) is 6.96. The Morgan fingerprint density at radius 3 is 2.52 bits per heavy atom. The third-order valence-electron chi connectivity index (χ3n) is 3.35. The summed E-state index contributed by atoms with van der Waals surface area (Å²) in [6.07, 6.45) is 1.90. The Morgan fingerprint density at radius 2 is 1.95 bits per heavy atom. The molecule has 5 nitrogen and oxygen atoms in total. The Labute approximate surface area is 125 Å². The molecule has 1 aromatic rings. The predicted molar refractivity (Wildman–Crippen MR) is 79.9 cm³/mol. The van der Waals surface area contributed by atoms with E-state index in [1.54, 1.807) is 6.92 Å². The average molecular weight is 287 g/mol. The SMILES string of the molecule is CC(CCC(=O)N[C@H](C#N)CCc1ccccc1)C(N)=O. The van der Waals surface area contributed by atoms with Crippen LogP contribution in [0.25, 0.3) is 0 Å². The van der Waals surface area contributed by atoms with Crippen molar-refractivity contribution in [3.63, 3.8) is 0 Å². The van der Waals surface area contributed by atoms with Crippen LogP contribution in [0.15, 0.2) is 30.3 Å². The van der Waals surface area contributed by atoms with Crippen LogP contribution in [0.4, 0.5) is 0 Å². The van der Waals surface area contributed by atoms with Crippen LogP contribution in [0.3, 0.4) is 0 Å². The van der Waals surface area contributed by atoms with Crippen LogP contribution in [0.5, 0.6) is 0 Å². The highest BCUT2D eigenvalue weighted by atomic mass is 16.2. The number of nitriles is 1. The summed E-state index contributed by atoms with van der Waals surface area (Å²) in [5, 5.41) is 11.8. The summed E-state index contributed by atoms with van der Waals surface area (Å²) in [6.45, 7) is 1.69. The van der Waals surface area contributed by atoms with Gasteiger partial charge >= 0.3 is 0 Å². The normalized spacial score (nSPS) is 13.0. The lowest BCUT2D eigenvalue weighted by atomic mass is 10.0. The van der Waals surface area contributed by atoms with Gasteiger partial charge in [-0.15, -0.1) is 0 Å². The molecule has 0 saturated carbocycles. The lowest BCUT2D eigenvalue weighted by molar-refractivity contribution is -0.123. The number of hydrogen-bond donors (Lipinski definition) is 2. The number of benzene rings is 1. The van der Waals surface area contributed by atoms with E-state index in [4.69, 9.17) is 11.0 Å². The molecule has 1 rings (SSSR count). The molecule has 21 heavy (non-hydrogen) atoms. The zero-order chi connectivity index (χ0) is 15.7. The highest BCUT2D eigenvalue weighted by molar-refractivity contribution is 5.79. The van der Waals surface area contributed by atoms with E-state index in [1.807, 2.05) is 30.3 Å². The zero-order valence-electron chi connectivity index (χ0n) is 12.2. The average Bonchev–Trinajstić information content (AvgIpc) is 2.49. The van der Waals surface area contributed by atoms with Gasteiger partial charge in [-0.05, 0) is 24.8 Å². The molecule has 0 fully saturated rings. The summed E-state index contributed by atoms with van der Waals surface area (Å²) in [5.74, 6) is -0.966. The second-order valence-corrected chi connectivity index (χ2v) is 5.12. The second-order valence-electron chi connectivity index (χ2n) is 5.12.